The first-order valence-electron chi connectivity index (χ1n) is 6.94. The Morgan fingerprint density at radius 3 is 2.74 bits per heavy atom. The highest BCUT2D eigenvalue weighted by atomic mass is 32.2. The van der Waals surface area contributed by atoms with Gasteiger partial charge >= 0.3 is 0 Å². The molecule has 1 aromatic heterocycles. The molecule has 1 aromatic carbocycles. The standard InChI is InChI=1S/C15H18N4O3S/c1-17-15(20)12-5-2-4-11(10-12)7-9-19-14-13(23(16,21)22)6-3-8-18-14/h2-6,8,10H,7,9H2,1H3,(H,17,20)(H,18,19)(H2,16,21,22). The molecule has 0 atom stereocenters. The zero-order valence-electron chi connectivity index (χ0n) is 12.6. The number of sulfonamides is 1. The zero-order chi connectivity index (χ0) is 16.9. The van der Waals surface area contributed by atoms with Crippen LogP contribution in [0.2, 0.25) is 0 Å². The largest absolute Gasteiger partial charge is 0.369 e. The molecule has 2 aromatic rings. The number of pyridine rings is 1. The number of hydrogen-bond donors (Lipinski definition) is 3. The van der Waals surface area contributed by atoms with Gasteiger partial charge in [0.2, 0.25) is 10.0 Å². The summed E-state index contributed by atoms with van der Waals surface area (Å²) in [5.74, 6) is 0.0681. The molecule has 0 aliphatic carbocycles. The van der Waals surface area contributed by atoms with Crippen LogP contribution in [0.4, 0.5) is 5.82 Å². The van der Waals surface area contributed by atoms with E-state index in [4.69, 9.17) is 5.14 Å². The van der Waals surface area contributed by atoms with Crippen LogP contribution < -0.4 is 15.8 Å². The number of amides is 1. The number of rotatable bonds is 6. The van der Waals surface area contributed by atoms with Crippen LogP contribution in [0.15, 0.2) is 47.5 Å². The quantitative estimate of drug-likeness (QED) is 0.721. The molecular weight excluding hydrogens is 316 g/mol. The van der Waals surface area contributed by atoms with Crippen LogP contribution in [0.3, 0.4) is 0 Å². The molecule has 122 valence electrons. The highest BCUT2D eigenvalue weighted by Crippen LogP contribution is 2.16. The average Bonchev–Trinajstić information content (AvgIpc) is 2.54. The Balaban J connectivity index is 2.05. The van der Waals surface area contributed by atoms with Crippen LogP contribution in [0.5, 0.6) is 0 Å². The van der Waals surface area contributed by atoms with Crippen LogP contribution in [0, 0.1) is 0 Å². The van der Waals surface area contributed by atoms with Gasteiger partial charge in [0.05, 0.1) is 0 Å². The molecule has 0 bridgehead atoms. The first kappa shape index (κ1) is 16.9. The van der Waals surface area contributed by atoms with E-state index in [-0.39, 0.29) is 16.6 Å². The molecular formula is C15H18N4O3S. The average molecular weight is 334 g/mol. The predicted octanol–water partition coefficient (Wildman–Crippen LogP) is 0.743. The molecule has 7 nitrogen and oxygen atoms in total. The highest BCUT2D eigenvalue weighted by molar-refractivity contribution is 7.89. The Morgan fingerprint density at radius 2 is 2.04 bits per heavy atom. The van der Waals surface area contributed by atoms with Crippen molar-refractivity contribution < 1.29 is 13.2 Å². The van der Waals surface area contributed by atoms with Gasteiger partial charge < -0.3 is 10.6 Å². The number of nitrogens with zero attached hydrogens (tertiary/aromatic N) is 1. The van der Waals surface area contributed by atoms with Crippen molar-refractivity contribution in [2.45, 2.75) is 11.3 Å². The number of aromatic nitrogens is 1. The number of anilines is 1. The SMILES string of the molecule is CNC(=O)c1cccc(CCNc2ncccc2S(N)(=O)=O)c1. The number of hydrogen-bond acceptors (Lipinski definition) is 5. The lowest BCUT2D eigenvalue weighted by atomic mass is 10.1. The Morgan fingerprint density at radius 1 is 1.26 bits per heavy atom. The van der Waals surface area contributed by atoms with E-state index in [2.05, 4.69) is 15.6 Å². The van der Waals surface area contributed by atoms with Gasteiger partial charge in [-0.25, -0.2) is 18.5 Å². The molecule has 0 fully saturated rings. The van der Waals surface area contributed by atoms with E-state index in [0.717, 1.165) is 5.56 Å². The summed E-state index contributed by atoms with van der Waals surface area (Å²) in [7, 11) is -2.25. The van der Waals surface area contributed by atoms with Gasteiger partial charge in [-0.3, -0.25) is 4.79 Å². The van der Waals surface area contributed by atoms with E-state index in [9.17, 15) is 13.2 Å². The number of primary sulfonamides is 1. The van der Waals surface area contributed by atoms with E-state index < -0.39 is 10.0 Å². The van der Waals surface area contributed by atoms with Crippen molar-refractivity contribution in [3.05, 3.63) is 53.7 Å². The van der Waals surface area contributed by atoms with Gasteiger partial charge in [-0.05, 0) is 36.2 Å². The van der Waals surface area contributed by atoms with Crippen molar-refractivity contribution in [1.29, 1.82) is 0 Å². The molecule has 0 aliphatic heterocycles. The molecule has 1 amide bonds. The summed E-state index contributed by atoms with van der Waals surface area (Å²) in [6, 6.07) is 10.1. The van der Waals surface area contributed by atoms with Crippen molar-refractivity contribution in [2.24, 2.45) is 5.14 Å². The van der Waals surface area contributed by atoms with Gasteiger partial charge in [-0.15, -0.1) is 0 Å². The third-order valence-electron chi connectivity index (χ3n) is 3.20. The van der Waals surface area contributed by atoms with Crippen LogP contribution in [0.25, 0.3) is 0 Å². The van der Waals surface area contributed by atoms with Gasteiger partial charge in [0.15, 0.2) is 0 Å². The fourth-order valence-electron chi connectivity index (χ4n) is 2.09. The van der Waals surface area contributed by atoms with Crippen LogP contribution in [-0.2, 0) is 16.4 Å². The zero-order valence-corrected chi connectivity index (χ0v) is 13.4. The van der Waals surface area contributed by atoms with Crippen LogP contribution >= 0.6 is 0 Å². The van der Waals surface area contributed by atoms with Gasteiger partial charge in [-0.1, -0.05) is 12.1 Å². The fourth-order valence-corrected chi connectivity index (χ4v) is 2.75. The summed E-state index contributed by atoms with van der Waals surface area (Å²) >= 11 is 0. The molecule has 0 unspecified atom stereocenters. The third-order valence-corrected chi connectivity index (χ3v) is 4.14. The van der Waals surface area contributed by atoms with Crippen LogP contribution in [-0.4, -0.2) is 32.9 Å². The summed E-state index contributed by atoms with van der Waals surface area (Å²) in [6.45, 7) is 0.455. The summed E-state index contributed by atoms with van der Waals surface area (Å²) in [5.41, 5.74) is 1.53. The minimum Gasteiger partial charge on any atom is -0.369 e. The maximum atomic E-state index is 11.6. The second kappa shape index (κ2) is 7.21. The first-order chi connectivity index (χ1) is 10.9. The lowest BCUT2D eigenvalue weighted by Gasteiger charge is -2.10. The number of benzene rings is 1. The molecule has 8 heteroatoms. The van der Waals surface area contributed by atoms with Crippen molar-refractivity contribution in [2.75, 3.05) is 18.9 Å². The maximum Gasteiger partial charge on any atom is 0.251 e. The smallest absolute Gasteiger partial charge is 0.251 e. The minimum absolute atomic E-state index is 0.0425. The van der Waals surface area contributed by atoms with Crippen molar-refractivity contribution in [3.63, 3.8) is 0 Å². The molecule has 23 heavy (non-hydrogen) atoms. The Labute approximate surface area is 135 Å². The molecule has 0 spiro atoms. The van der Waals surface area contributed by atoms with E-state index >= 15 is 0 Å². The van der Waals surface area contributed by atoms with E-state index in [1.54, 1.807) is 25.2 Å². The Bertz CT molecular complexity index is 806. The lowest BCUT2D eigenvalue weighted by molar-refractivity contribution is 0.0963. The van der Waals surface area contributed by atoms with E-state index in [1.807, 2.05) is 6.07 Å². The summed E-state index contributed by atoms with van der Waals surface area (Å²) in [4.78, 5) is 15.6. The number of nitrogens with two attached hydrogens (primary N) is 1. The molecule has 0 saturated carbocycles. The number of carbonyl (C=O) groups is 1. The Hall–Kier alpha value is -2.45. The second-order valence-electron chi connectivity index (χ2n) is 4.85. The highest BCUT2D eigenvalue weighted by Gasteiger charge is 2.14. The van der Waals surface area contributed by atoms with Crippen molar-refractivity contribution in [1.82, 2.24) is 10.3 Å². The topological polar surface area (TPSA) is 114 Å². The minimum atomic E-state index is -3.83. The fraction of sp³-hybridized carbons (Fsp3) is 0.200. The van der Waals surface area contributed by atoms with Crippen LogP contribution in [0.1, 0.15) is 15.9 Å². The second-order valence-corrected chi connectivity index (χ2v) is 6.38. The molecule has 0 radical (unpaired) electrons. The number of nitrogens with one attached hydrogen (secondary N) is 2. The third kappa shape index (κ3) is 4.51. The monoisotopic (exact) mass is 334 g/mol. The maximum absolute atomic E-state index is 11.6. The van der Waals surface area contributed by atoms with Crippen molar-refractivity contribution in [3.8, 4) is 0 Å². The molecule has 2 rings (SSSR count). The summed E-state index contributed by atoms with van der Waals surface area (Å²) in [6.07, 6.45) is 2.09. The Kier molecular flexibility index (Phi) is 5.30. The van der Waals surface area contributed by atoms with Gasteiger partial charge in [-0.2, -0.15) is 0 Å². The van der Waals surface area contributed by atoms with Gasteiger partial charge in [0.1, 0.15) is 10.7 Å². The normalized spacial score (nSPS) is 11.0. The number of carbonyl (C=O) groups excluding carboxylic acids is 1. The van der Waals surface area contributed by atoms with Gasteiger partial charge in [0, 0.05) is 25.4 Å². The summed E-state index contributed by atoms with van der Waals surface area (Å²) < 4.78 is 23.0. The van der Waals surface area contributed by atoms with E-state index in [0.29, 0.717) is 18.5 Å². The van der Waals surface area contributed by atoms with Crippen molar-refractivity contribution >= 4 is 21.7 Å². The van der Waals surface area contributed by atoms with E-state index in [1.165, 1.54) is 18.3 Å². The molecule has 4 N–H and O–H groups in total. The molecule has 0 saturated heterocycles. The first-order valence-corrected chi connectivity index (χ1v) is 8.49. The molecule has 1 heterocycles. The predicted molar refractivity (Wildman–Crippen MR) is 87.6 cm³/mol. The van der Waals surface area contributed by atoms with Gasteiger partial charge in [0.25, 0.3) is 5.91 Å². The molecule has 0 aliphatic rings. The lowest BCUT2D eigenvalue weighted by Crippen LogP contribution is -2.18. The summed E-state index contributed by atoms with van der Waals surface area (Å²) in [5, 5.41) is 10.7.